The summed E-state index contributed by atoms with van der Waals surface area (Å²) < 4.78 is 5.41. The maximum absolute atomic E-state index is 12.7. The number of hydrogen-bond acceptors (Lipinski definition) is 4. The number of halogens is 1. The normalized spacial score (nSPS) is 11.1. The van der Waals surface area contributed by atoms with Crippen LogP contribution in [0, 0.1) is 6.92 Å². The van der Waals surface area contributed by atoms with Crippen molar-refractivity contribution in [1.29, 1.82) is 0 Å². The predicted octanol–water partition coefficient (Wildman–Crippen LogP) is 4.45. The van der Waals surface area contributed by atoms with Crippen LogP contribution in [0.1, 0.15) is 21.6 Å². The maximum atomic E-state index is 12.7. The molecule has 1 aromatic heterocycles. The number of nitrogens with one attached hydrogen (secondary N) is 2. The number of aryl methyl sites for hydroxylation is 1. The number of anilines is 1. The third-order valence-corrected chi connectivity index (χ3v) is 4.29. The highest BCUT2D eigenvalue weighted by atomic mass is 35.5. The Morgan fingerprint density at radius 3 is 2.72 bits per heavy atom. The number of ether oxygens (including phenoxy) is 1. The van der Waals surface area contributed by atoms with Crippen molar-refractivity contribution in [2.24, 2.45) is 4.99 Å². The van der Waals surface area contributed by atoms with Crippen LogP contribution in [0.5, 0.6) is 5.75 Å². The van der Waals surface area contributed by atoms with Gasteiger partial charge in [0.05, 0.1) is 25.0 Å². The molecule has 0 saturated heterocycles. The summed E-state index contributed by atoms with van der Waals surface area (Å²) in [4.78, 5) is 21.5. The van der Waals surface area contributed by atoms with Crippen LogP contribution in [0.25, 0.3) is 0 Å². The van der Waals surface area contributed by atoms with Crippen LogP contribution in [0.4, 0.5) is 5.69 Å². The van der Waals surface area contributed by atoms with E-state index >= 15 is 0 Å². The maximum Gasteiger partial charge on any atom is 0.258 e. The molecule has 6 nitrogen and oxygen atoms in total. The summed E-state index contributed by atoms with van der Waals surface area (Å²) in [6.07, 6.45) is 1.70. The zero-order valence-electron chi connectivity index (χ0n) is 16.1. The highest BCUT2D eigenvalue weighted by molar-refractivity contribution is 6.31. The van der Waals surface area contributed by atoms with Crippen LogP contribution >= 0.6 is 11.6 Å². The molecule has 0 radical (unpaired) electrons. The van der Waals surface area contributed by atoms with Gasteiger partial charge in [-0.15, -0.1) is 0 Å². The van der Waals surface area contributed by atoms with E-state index in [9.17, 15) is 4.79 Å². The first kappa shape index (κ1) is 20.4. The molecule has 1 heterocycles. The number of carbonyl (C=O) groups excluding carboxylic acids is 1. The molecule has 3 aromatic rings. The van der Waals surface area contributed by atoms with Gasteiger partial charge in [0.25, 0.3) is 5.91 Å². The highest BCUT2D eigenvalue weighted by Crippen LogP contribution is 2.25. The van der Waals surface area contributed by atoms with Crippen molar-refractivity contribution < 1.29 is 9.53 Å². The molecule has 0 bridgehead atoms. The van der Waals surface area contributed by atoms with Crippen LogP contribution in [0.3, 0.4) is 0 Å². The predicted molar refractivity (Wildman–Crippen MR) is 116 cm³/mol. The molecule has 2 N–H and O–H groups in total. The van der Waals surface area contributed by atoms with E-state index in [4.69, 9.17) is 16.3 Å². The second kappa shape index (κ2) is 9.71. The van der Waals surface area contributed by atoms with E-state index < -0.39 is 0 Å². The average Bonchev–Trinajstić information content (AvgIpc) is 2.73. The molecular weight excluding hydrogens is 388 g/mol. The van der Waals surface area contributed by atoms with Gasteiger partial charge in [-0.2, -0.15) is 0 Å². The summed E-state index contributed by atoms with van der Waals surface area (Å²) in [6.45, 7) is 2.27. The Kier molecular flexibility index (Phi) is 6.81. The van der Waals surface area contributed by atoms with Gasteiger partial charge >= 0.3 is 0 Å². The lowest BCUT2D eigenvalue weighted by molar-refractivity contribution is 0.0977. The average molecular weight is 409 g/mol. The number of rotatable bonds is 5. The molecule has 1 amide bonds. The number of guanidine groups is 1. The van der Waals surface area contributed by atoms with E-state index in [0.29, 0.717) is 28.6 Å². The Bertz CT molecular complexity index is 1020. The molecule has 0 unspecified atom stereocenters. The number of carbonyl (C=O) groups is 1. The summed E-state index contributed by atoms with van der Waals surface area (Å²) in [5.74, 6) is 0.592. The number of pyridine rings is 1. The summed E-state index contributed by atoms with van der Waals surface area (Å²) in [5, 5.41) is 6.45. The van der Waals surface area contributed by atoms with Gasteiger partial charge in [0.1, 0.15) is 5.75 Å². The molecule has 0 aliphatic carbocycles. The SMILES string of the molecule is COc1ccc(C)cc1NC(=NCc1ccccn1)NC(=O)c1cccc(Cl)c1. The number of aliphatic imine (C=N–C) groups is 1. The highest BCUT2D eigenvalue weighted by Gasteiger charge is 2.12. The van der Waals surface area contributed by atoms with Crippen molar-refractivity contribution in [3.05, 3.63) is 88.7 Å². The number of amides is 1. The fourth-order valence-electron chi connectivity index (χ4n) is 2.62. The van der Waals surface area contributed by atoms with Gasteiger partial charge in [-0.3, -0.25) is 15.1 Å². The fraction of sp³-hybridized carbons (Fsp3) is 0.136. The lowest BCUT2D eigenvalue weighted by Gasteiger charge is -2.15. The molecule has 3 rings (SSSR count). The van der Waals surface area contributed by atoms with Crippen LogP contribution in [-0.4, -0.2) is 24.0 Å². The van der Waals surface area contributed by atoms with Crippen LogP contribution in [-0.2, 0) is 6.54 Å². The molecule has 0 saturated carbocycles. The third kappa shape index (κ3) is 5.80. The van der Waals surface area contributed by atoms with Crippen LogP contribution in [0.15, 0.2) is 71.9 Å². The first-order chi connectivity index (χ1) is 14.0. The Morgan fingerprint density at radius 1 is 1.14 bits per heavy atom. The van der Waals surface area contributed by atoms with Crippen molar-refractivity contribution in [2.75, 3.05) is 12.4 Å². The first-order valence-electron chi connectivity index (χ1n) is 8.98. The standard InChI is InChI=1S/C22H21ClN4O2/c1-15-9-10-20(29-2)19(12-15)26-22(25-14-18-8-3-4-11-24-18)27-21(28)16-6-5-7-17(23)13-16/h3-13H,14H2,1-2H3,(H2,25,26,27,28). The molecule has 0 aliphatic rings. The lowest BCUT2D eigenvalue weighted by atomic mass is 10.2. The minimum Gasteiger partial charge on any atom is -0.495 e. The van der Waals surface area contributed by atoms with Crippen molar-refractivity contribution >= 4 is 29.2 Å². The molecule has 7 heteroatoms. The van der Waals surface area contributed by atoms with Gasteiger partial charge in [-0.25, -0.2) is 4.99 Å². The van der Waals surface area contributed by atoms with Crippen molar-refractivity contribution in [1.82, 2.24) is 10.3 Å². The molecule has 0 aliphatic heterocycles. The van der Waals surface area contributed by atoms with Crippen molar-refractivity contribution in [2.45, 2.75) is 13.5 Å². The second-order valence-electron chi connectivity index (χ2n) is 6.28. The van der Waals surface area contributed by atoms with Gasteiger partial charge < -0.3 is 10.1 Å². The first-order valence-corrected chi connectivity index (χ1v) is 9.36. The number of benzene rings is 2. The number of nitrogens with zero attached hydrogens (tertiary/aromatic N) is 2. The lowest BCUT2D eigenvalue weighted by Crippen LogP contribution is -2.36. The molecule has 0 fully saturated rings. The third-order valence-electron chi connectivity index (χ3n) is 4.05. The second-order valence-corrected chi connectivity index (χ2v) is 6.72. The largest absolute Gasteiger partial charge is 0.495 e. The molecule has 29 heavy (non-hydrogen) atoms. The fourth-order valence-corrected chi connectivity index (χ4v) is 2.81. The summed E-state index contributed by atoms with van der Waals surface area (Å²) in [5.41, 5.74) is 2.94. The van der Waals surface area contributed by atoms with Gasteiger partial charge in [0.2, 0.25) is 5.96 Å². The van der Waals surface area contributed by atoms with Crippen LogP contribution < -0.4 is 15.4 Å². The zero-order valence-corrected chi connectivity index (χ0v) is 16.9. The van der Waals surface area contributed by atoms with E-state index in [1.54, 1.807) is 37.6 Å². The molecule has 148 valence electrons. The van der Waals surface area contributed by atoms with Crippen molar-refractivity contribution in [3.63, 3.8) is 0 Å². The molecule has 0 atom stereocenters. The molecule has 0 spiro atoms. The smallest absolute Gasteiger partial charge is 0.258 e. The summed E-state index contributed by atoms with van der Waals surface area (Å²) in [7, 11) is 1.59. The number of hydrogen-bond donors (Lipinski definition) is 2. The van der Waals surface area contributed by atoms with E-state index in [-0.39, 0.29) is 11.9 Å². The number of methoxy groups -OCH3 is 1. The minimum atomic E-state index is -0.327. The monoisotopic (exact) mass is 408 g/mol. The molecule has 2 aromatic carbocycles. The minimum absolute atomic E-state index is 0.282. The Hall–Kier alpha value is -3.38. The quantitative estimate of drug-likeness (QED) is 0.483. The summed E-state index contributed by atoms with van der Waals surface area (Å²) >= 11 is 6.00. The topological polar surface area (TPSA) is 75.6 Å². The van der Waals surface area contributed by atoms with E-state index in [2.05, 4.69) is 20.6 Å². The zero-order chi connectivity index (χ0) is 20.6. The molecular formula is C22H21ClN4O2. The van der Waals surface area contributed by atoms with E-state index in [1.165, 1.54) is 0 Å². The number of aromatic nitrogens is 1. The van der Waals surface area contributed by atoms with Gasteiger partial charge in [-0.05, 0) is 55.0 Å². The Labute approximate surface area is 174 Å². The van der Waals surface area contributed by atoms with Crippen molar-refractivity contribution in [3.8, 4) is 5.75 Å². The van der Waals surface area contributed by atoms with E-state index in [1.807, 2.05) is 43.3 Å². The van der Waals surface area contributed by atoms with Gasteiger partial charge in [-0.1, -0.05) is 29.8 Å². The summed E-state index contributed by atoms with van der Waals surface area (Å²) in [6, 6.07) is 18.0. The van der Waals surface area contributed by atoms with E-state index in [0.717, 1.165) is 11.3 Å². The van der Waals surface area contributed by atoms with Crippen LogP contribution in [0.2, 0.25) is 5.02 Å². The van der Waals surface area contributed by atoms with Gasteiger partial charge in [0.15, 0.2) is 0 Å². The Balaban J connectivity index is 1.87. The van der Waals surface area contributed by atoms with Gasteiger partial charge in [0, 0.05) is 16.8 Å². The Morgan fingerprint density at radius 2 is 2.00 bits per heavy atom.